The van der Waals surface area contributed by atoms with Gasteiger partial charge in [-0.25, -0.2) is 0 Å². The number of nitrogens with one attached hydrogen (secondary N) is 1. The summed E-state index contributed by atoms with van der Waals surface area (Å²) >= 11 is 1.19. The number of ether oxygens (including phenoxy) is 1. The smallest absolute Gasteiger partial charge is 0.387 e. The van der Waals surface area contributed by atoms with Gasteiger partial charge in [0.2, 0.25) is 5.91 Å². The van der Waals surface area contributed by atoms with Crippen molar-refractivity contribution >= 4 is 23.4 Å². The van der Waals surface area contributed by atoms with Crippen molar-refractivity contribution in [1.29, 1.82) is 0 Å². The van der Waals surface area contributed by atoms with Crippen LogP contribution in [0.5, 0.6) is 5.75 Å². The summed E-state index contributed by atoms with van der Waals surface area (Å²) in [6, 6.07) is 14.1. The molecule has 1 N–H and O–H groups in total. The molecule has 152 valence electrons. The van der Waals surface area contributed by atoms with E-state index in [0.717, 1.165) is 5.69 Å². The Kier molecular flexibility index (Phi) is 6.82. The first-order valence-electron chi connectivity index (χ1n) is 8.91. The average Bonchev–Trinajstić information content (AvgIpc) is 3.16. The summed E-state index contributed by atoms with van der Waals surface area (Å²) < 4.78 is 31.2. The second-order valence-electron chi connectivity index (χ2n) is 6.44. The van der Waals surface area contributed by atoms with Crippen molar-refractivity contribution in [2.75, 3.05) is 11.1 Å². The predicted octanol–water partition coefficient (Wildman–Crippen LogP) is 4.72. The Morgan fingerprint density at radius 1 is 1.17 bits per heavy atom. The van der Waals surface area contributed by atoms with Crippen LogP contribution in [0, 0.1) is 0 Å². The van der Waals surface area contributed by atoms with E-state index in [4.69, 9.17) is 0 Å². The second kappa shape index (κ2) is 9.51. The average molecular weight is 418 g/mol. The largest absolute Gasteiger partial charge is 0.433 e. The Labute approximate surface area is 171 Å². The molecule has 0 spiro atoms. The van der Waals surface area contributed by atoms with Crippen molar-refractivity contribution in [2.45, 2.75) is 31.5 Å². The van der Waals surface area contributed by atoms with Crippen molar-refractivity contribution in [3.05, 3.63) is 60.4 Å². The third-order valence-electron chi connectivity index (χ3n) is 4.06. The maximum absolute atomic E-state index is 12.5. The van der Waals surface area contributed by atoms with Gasteiger partial charge < -0.3 is 10.1 Å². The summed E-state index contributed by atoms with van der Waals surface area (Å²) in [4.78, 5) is 12.3. The molecule has 0 aliphatic heterocycles. The molecule has 0 saturated carbocycles. The predicted molar refractivity (Wildman–Crippen MR) is 108 cm³/mol. The Hall–Kier alpha value is -2.94. The van der Waals surface area contributed by atoms with Gasteiger partial charge in [0.05, 0.1) is 11.4 Å². The van der Waals surface area contributed by atoms with E-state index >= 15 is 0 Å². The summed E-state index contributed by atoms with van der Waals surface area (Å²) in [5.41, 5.74) is 2.29. The zero-order valence-electron chi connectivity index (χ0n) is 15.9. The van der Waals surface area contributed by atoms with Gasteiger partial charge in [-0.1, -0.05) is 49.9 Å². The Morgan fingerprint density at radius 2 is 1.90 bits per heavy atom. The minimum atomic E-state index is -2.97. The lowest BCUT2D eigenvalue weighted by molar-refractivity contribution is -0.113. The molecule has 1 heterocycles. The Balaban J connectivity index is 1.64. The maximum atomic E-state index is 12.5. The fraction of sp³-hybridized carbons (Fsp3) is 0.250. The number of aromatic nitrogens is 3. The van der Waals surface area contributed by atoms with Gasteiger partial charge in [-0.3, -0.25) is 9.36 Å². The lowest BCUT2D eigenvalue weighted by Gasteiger charge is -2.12. The van der Waals surface area contributed by atoms with Crippen LogP contribution < -0.4 is 10.1 Å². The Bertz CT molecular complexity index is 961. The minimum absolute atomic E-state index is 0.0335. The lowest BCUT2D eigenvalue weighted by atomic mass is 10.0. The van der Waals surface area contributed by atoms with Gasteiger partial charge in [0.25, 0.3) is 0 Å². The molecule has 1 aromatic heterocycles. The van der Waals surface area contributed by atoms with Crippen LogP contribution in [0.4, 0.5) is 14.5 Å². The highest BCUT2D eigenvalue weighted by Gasteiger charge is 2.14. The van der Waals surface area contributed by atoms with Crippen LogP contribution >= 0.6 is 11.8 Å². The number of anilines is 1. The topological polar surface area (TPSA) is 69.0 Å². The van der Waals surface area contributed by atoms with Crippen LogP contribution in [0.2, 0.25) is 0 Å². The Morgan fingerprint density at radius 3 is 2.59 bits per heavy atom. The lowest BCUT2D eigenvalue weighted by Crippen LogP contribution is -2.16. The molecule has 29 heavy (non-hydrogen) atoms. The molecule has 0 saturated heterocycles. The first-order valence-corrected chi connectivity index (χ1v) is 9.89. The highest BCUT2D eigenvalue weighted by molar-refractivity contribution is 7.99. The van der Waals surface area contributed by atoms with E-state index < -0.39 is 6.61 Å². The number of carbonyl (C=O) groups excluding carboxylic acids is 1. The van der Waals surface area contributed by atoms with Gasteiger partial charge in [-0.05, 0) is 35.7 Å². The molecule has 9 heteroatoms. The van der Waals surface area contributed by atoms with Crippen LogP contribution in [0.25, 0.3) is 5.69 Å². The first-order chi connectivity index (χ1) is 13.9. The van der Waals surface area contributed by atoms with Gasteiger partial charge in [-0.2, -0.15) is 8.78 Å². The number of benzene rings is 2. The number of carbonyl (C=O) groups is 1. The van der Waals surface area contributed by atoms with E-state index in [-0.39, 0.29) is 23.1 Å². The molecular formula is C20H20F2N4O2S. The quantitative estimate of drug-likeness (QED) is 0.536. The summed E-state index contributed by atoms with van der Waals surface area (Å²) in [5.74, 6) is 0.00455. The van der Waals surface area contributed by atoms with Gasteiger partial charge in [-0.15, -0.1) is 10.2 Å². The highest BCUT2D eigenvalue weighted by Crippen LogP contribution is 2.26. The first kappa shape index (κ1) is 20.8. The third kappa shape index (κ3) is 5.54. The number of alkyl halides is 2. The second-order valence-corrected chi connectivity index (χ2v) is 7.38. The van der Waals surface area contributed by atoms with E-state index in [1.54, 1.807) is 23.0 Å². The van der Waals surface area contributed by atoms with Crippen LogP contribution in [-0.2, 0) is 4.79 Å². The van der Waals surface area contributed by atoms with E-state index in [2.05, 4.69) is 34.1 Å². The van der Waals surface area contributed by atoms with Crippen molar-refractivity contribution < 1.29 is 18.3 Å². The molecule has 0 radical (unpaired) electrons. The van der Waals surface area contributed by atoms with Gasteiger partial charge in [0, 0.05) is 5.69 Å². The minimum Gasteiger partial charge on any atom is -0.433 e. The molecule has 0 aliphatic rings. The van der Waals surface area contributed by atoms with Crippen molar-refractivity contribution in [3.63, 3.8) is 0 Å². The van der Waals surface area contributed by atoms with Gasteiger partial charge in [0.15, 0.2) is 5.16 Å². The number of amides is 1. The van der Waals surface area contributed by atoms with E-state index in [1.807, 2.05) is 24.3 Å². The molecule has 2 aromatic carbocycles. The van der Waals surface area contributed by atoms with E-state index in [1.165, 1.54) is 29.5 Å². The molecule has 3 rings (SSSR count). The molecule has 0 atom stereocenters. The summed E-state index contributed by atoms with van der Waals surface area (Å²) in [7, 11) is 0. The fourth-order valence-electron chi connectivity index (χ4n) is 2.60. The molecule has 3 aromatic rings. The molecule has 0 unspecified atom stereocenters. The number of rotatable bonds is 8. The summed E-state index contributed by atoms with van der Waals surface area (Å²) in [6.45, 7) is 1.28. The van der Waals surface area contributed by atoms with Crippen LogP contribution in [0.1, 0.15) is 25.3 Å². The molecule has 1 amide bonds. The number of hydrogen-bond acceptors (Lipinski definition) is 5. The molecule has 6 nitrogen and oxygen atoms in total. The van der Waals surface area contributed by atoms with Crippen molar-refractivity contribution in [1.82, 2.24) is 14.8 Å². The monoisotopic (exact) mass is 418 g/mol. The van der Waals surface area contributed by atoms with E-state index in [0.29, 0.717) is 11.1 Å². The van der Waals surface area contributed by atoms with Crippen LogP contribution in [0.3, 0.4) is 0 Å². The number of para-hydroxylation sites is 2. The van der Waals surface area contributed by atoms with Gasteiger partial charge >= 0.3 is 6.61 Å². The molecule has 0 bridgehead atoms. The summed E-state index contributed by atoms with van der Waals surface area (Å²) in [5, 5.41) is 11.1. The highest BCUT2D eigenvalue weighted by atomic mass is 32.2. The van der Waals surface area contributed by atoms with Crippen molar-refractivity contribution in [2.24, 2.45) is 0 Å². The number of thioether (sulfide) groups is 1. The van der Waals surface area contributed by atoms with Crippen LogP contribution in [-0.4, -0.2) is 33.0 Å². The third-order valence-corrected chi connectivity index (χ3v) is 5.01. The van der Waals surface area contributed by atoms with Crippen LogP contribution in [0.15, 0.2) is 60.0 Å². The van der Waals surface area contributed by atoms with Gasteiger partial charge in [0.1, 0.15) is 12.1 Å². The molecular weight excluding hydrogens is 398 g/mol. The number of nitrogens with zero attached hydrogens (tertiary/aromatic N) is 3. The normalized spacial score (nSPS) is 11.1. The van der Waals surface area contributed by atoms with E-state index in [9.17, 15) is 13.6 Å². The number of halogens is 2. The zero-order chi connectivity index (χ0) is 20.8. The standard InChI is InChI=1S/C20H20F2N4O2S/c1-13(2)14-7-9-15(10-8-14)26-12-23-25-20(26)29-11-18(27)24-16-5-3-4-6-17(16)28-19(21)22/h3-10,12-13,19H,11H2,1-2H3,(H,24,27). The summed E-state index contributed by atoms with van der Waals surface area (Å²) in [6.07, 6.45) is 1.58. The fourth-order valence-corrected chi connectivity index (χ4v) is 3.33. The van der Waals surface area contributed by atoms with Crippen molar-refractivity contribution in [3.8, 4) is 11.4 Å². The maximum Gasteiger partial charge on any atom is 0.387 e. The molecule has 0 aliphatic carbocycles. The number of hydrogen-bond donors (Lipinski definition) is 1. The SMILES string of the molecule is CC(C)c1ccc(-n2cnnc2SCC(=O)Nc2ccccc2OC(F)F)cc1. The zero-order valence-corrected chi connectivity index (χ0v) is 16.7. The molecule has 0 fully saturated rings.